The van der Waals surface area contributed by atoms with Gasteiger partial charge in [0.05, 0.1) is 17.6 Å². The standard InChI is InChI=1S/C26H32N4O3S/c1-2-21-6-8-23(9-7-21)20-30-25(16-17-27-30)28-26(31)15-12-22-10-13-24(14-11-22)34(32,33)29-18-4-3-5-19-29/h6-11,13-14,16-17H,2-5,12,15,18-20H2,1H3,(H,28,31). The summed E-state index contributed by atoms with van der Waals surface area (Å²) in [7, 11) is -3.43. The number of amides is 1. The summed E-state index contributed by atoms with van der Waals surface area (Å²) in [5, 5.41) is 7.28. The van der Waals surface area contributed by atoms with Crippen molar-refractivity contribution < 1.29 is 13.2 Å². The zero-order valence-corrected chi connectivity index (χ0v) is 20.4. The summed E-state index contributed by atoms with van der Waals surface area (Å²) >= 11 is 0. The molecule has 1 aromatic heterocycles. The van der Waals surface area contributed by atoms with Crippen LogP contribution >= 0.6 is 0 Å². The number of nitrogens with one attached hydrogen (secondary N) is 1. The number of carbonyl (C=O) groups excluding carboxylic acids is 1. The molecule has 34 heavy (non-hydrogen) atoms. The van der Waals surface area contributed by atoms with Crippen molar-refractivity contribution in [1.82, 2.24) is 14.1 Å². The van der Waals surface area contributed by atoms with E-state index in [9.17, 15) is 13.2 Å². The van der Waals surface area contributed by atoms with Crippen LogP contribution in [0.1, 0.15) is 49.3 Å². The highest BCUT2D eigenvalue weighted by Gasteiger charge is 2.25. The lowest BCUT2D eigenvalue weighted by atomic mass is 10.1. The highest BCUT2D eigenvalue weighted by molar-refractivity contribution is 7.89. The third-order valence-electron chi connectivity index (χ3n) is 6.26. The lowest BCUT2D eigenvalue weighted by Crippen LogP contribution is -2.35. The van der Waals surface area contributed by atoms with Crippen molar-refractivity contribution in [1.29, 1.82) is 0 Å². The molecule has 1 fully saturated rings. The van der Waals surface area contributed by atoms with E-state index in [4.69, 9.17) is 0 Å². The smallest absolute Gasteiger partial charge is 0.243 e. The normalized spacial score (nSPS) is 14.7. The Balaban J connectivity index is 1.31. The largest absolute Gasteiger partial charge is 0.311 e. The van der Waals surface area contributed by atoms with Crippen LogP contribution in [0.3, 0.4) is 0 Å². The molecule has 3 aromatic rings. The van der Waals surface area contributed by atoms with Gasteiger partial charge in [-0.2, -0.15) is 9.40 Å². The quantitative estimate of drug-likeness (QED) is 0.497. The van der Waals surface area contributed by atoms with Gasteiger partial charge >= 0.3 is 0 Å². The Morgan fingerprint density at radius 1 is 0.912 bits per heavy atom. The van der Waals surface area contributed by atoms with Gasteiger partial charge in [0.25, 0.3) is 0 Å². The fourth-order valence-electron chi connectivity index (χ4n) is 4.16. The van der Waals surface area contributed by atoms with Crippen LogP contribution in [-0.2, 0) is 34.2 Å². The van der Waals surface area contributed by atoms with E-state index >= 15 is 0 Å². The maximum absolute atomic E-state index is 12.8. The maximum atomic E-state index is 12.8. The van der Waals surface area contributed by atoms with Crippen molar-refractivity contribution >= 4 is 21.7 Å². The summed E-state index contributed by atoms with van der Waals surface area (Å²) in [6.07, 6.45) is 6.42. The van der Waals surface area contributed by atoms with E-state index in [1.807, 2.05) is 0 Å². The minimum Gasteiger partial charge on any atom is -0.311 e. The molecule has 0 radical (unpaired) electrons. The van der Waals surface area contributed by atoms with Gasteiger partial charge in [0.15, 0.2) is 0 Å². The molecule has 2 heterocycles. The van der Waals surface area contributed by atoms with Gasteiger partial charge in [-0.3, -0.25) is 4.79 Å². The van der Waals surface area contributed by atoms with Crippen LogP contribution in [0.15, 0.2) is 65.7 Å². The van der Waals surface area contributed by atoms with E-state index < -0.39 is 10.0 Å². The fraction of sp³-hybridized carbons (Fsp3) is 0.385. The molecule has 0 aliphatic carbocycles. The van der Waals surface area contributed by atoms with Crippen LogP contribution in [0, 0.1) is 0 Å². The van der Waals surface area contributed by atoms with Crippen molar-refractivity contribution in [3.8, 4) is 0 Å². The Morgan fingerprint density at radius 2 is 1.56 bits per heavy atom. The SMILES string of the molecule is CCc1ccc(Cn2nccc2NC(=O)CCc2ccc(S(=O)(=O)N3CCCCC3)cc2)cc1. The van der Waals surface area contributed by atoms with Crippen molar-refractivity contribution in [2.24, 2.45) is 0 Å². The summed E-state index contributed by atoms with van der Waals surface area (Å²) in [5.74, 6) is 0.556. The van der Waals surface area contributed by atoms with Gasteiger partial charge in [0.1, 0.15) is 5.82 Å². The van der Waals surface area contributed by atoms with E-state index in [1.165, 1.54) is 5.56 Å². The van der Waals surface area contributed by atoms with E-state index in [0.29, 0.717) is 43.2 Å². The number of anilines is 1. The number of piperidine rings is 1. The number of hydrogen-bond donors (Lipinski definition) is 1. The minimum atomic E-state index is -3.43. The van der Waals surface area contributed by atoms with E-state index in [2.05, 4.69) is 41.6 Å². The topological polar surface area (TPSA) is 84.3 Å². The second-order valence-electron chi connectivity index (χ2n) is 8.70. The molecule has 4 rings (SSSR count). The average molecular weight is 481 g/mol. The molecule has 8 heteroatoms. The molecule has 1 amide bonds. The van der Waals surface area contributed by atoms with Crippen LogP contribution in [0.2, 0.25) is 0 Å². The van der Waals surface area contributed by atoms with E-state index in [0.717, 1.165) is 36.8 Å². The third kappa shape index (κ3) is 5.93. The van der Waals surface area contributed by atoms with E-state index in [-0.39, 0.29) is 5.91 Å². The number of rotatable bonds is 9. The number of sulfonamides is 1. The number of nitrogens with zero attached hydrogens (tertiary/aromatic N) is 3. The second-order valence-corrected chi connectivity index (χ2v) is 10.6. The first-order valence-electron chi connectivity index (χ1n) is 11.9. The number of hydrogen-bond acceptors (Lipinski definition) is 4. The highest BCUT2D eigenvalue weighted by Crippen LogP contribution is 2.21. The third-order valence-corrected chi connectivity index (χ3v) is 8.18. The molecule has 180 valence electrons. The molecular weight excluding hydrogens is 448 g/mol. The van der Waals surface area contributed by atoms with Gasteiger partial charge in [-0.15, -0.1) is 0 Å². The summed E-state index contributed by atoms with van der Waals surface area (Å²) < 4.78 is 28.9. The number of aryl methyl sites for hydroxylation is 2. The van der Waals surface area contributed by atoms with Crippen LogP contribution < -0.4 is 5.32 Å². The van der Waals surface area contributed by atoms with Crippen LogP contribution in [0.4, 0.5) is 5.82 Å². The summed E-state index contributed by atoms with van der Waals surface area (Å²) in [5.41, 5.74) is 3.34. The lowest BCUT2D eigenvalue weighted by Gasteiger charge is -2.25. The Bertz CT molecular complexity index is 1200. The molecule has 2 aromatic carbocycles. The van der Waals surface area contributed by atoms with Gasteiger partial charge in [-0.25, -0.2) is 13.1 Å². The van der Waals surface area contributed by atoms with Crippen LogP contribution in [-0.4, -0.2) is 41.5 Å². The Morgan fingerprint density at radius 3 is 2.24 bits per heavy atom. The predicted octanol–water partition coefficient (Wildman–Crippen LogP) is 4.24. The molecule has 1 N–H and O–H groups in total. The number of carbonyl (C=O) groups is 1. The molecule has 1 saturated heterocycles. The lowest BCUT2D eigenvalue weighted by molar-refractivity contribution is -0.116. The van der Waals surface area contributed by atoms with Crippen molar-refractivity contribution in [2.45, 2.75) is 56.9 Å². The number of aromatic nitrogens is 2. The Hall–Kier alpha value is -2.97. The first-order chi connectivity index (χ1) is 16.5. The Labute approximate surface area is 201 Å². The zero-order valence-electron chi connectivity index (χ0n) is 19.6. The molecule has 0 saturated carbocycles. The van der Waals surface area contributed by atoms with Gasteiger partial charge < -0.3 is 5.32 Å². The first-order valence-corrected chi connectivity index (χ1v) is 13.4. The van der Waals surface area contributed by atoms with Gasteiger partial charge in [0, 0.05) is 25.6 Å². The molecule has 0 bridgehead atoms. The molecule has 7 nitrogen and oxygen atoms in total. The summed E-state index contributed by atoms with van der Waals surface area (Å²) in [6, 6.07) is 17.1. The predicted molar refractivity (Wildman–Crippen MR) is 133 cm³/mol. The Kier molecular flexibility index (Phi) is 7.80. The maximum Gasteiger partial charge on any atom is 0.243 e. The molecule has 1 aliphatic rings. The van der Waals surface area contributed by atoms with Gasteiger partial charge in [-0.05, 0) is 54.5 Å². The van der Waals surface area contributed by atoms with Gasteiger partial charge in [-0.1, -0.05) is 49.7 Å². The zero-order chi connectivity index (χ0) is 24.0. The monoisotopic (exact) mass is 480 g/mol. The molecular formula is C26H32N4O3S. The molecule has 0 spiro atoms. The van der Waals surface area contributed by atoms with Crippen LogP contribution in [0.5, 0.6) is 0 Å². The fourth-order valence-corrected chi connectivity index (χ4v) is 5.68. The summed E-state index contributed by atoms with van der Waals surface area (Å²) in [6.45, 7) is 3.89. The van der Waals surface area contributed by atoms with Crippen LogP contribution in [0.25, 0.3) is 0 Å². The molecule has 0 unspecified atom stereocenters. The van der Waals surface area contributed by atoms with Crippen molar-refractivity contribution in [2.75, 3.05) is 18.4 Å². The second kappa shape index (κ2) is 11.0. The molecule has 1 aliphatic heterocycles. The first kappa shape index (κ1) is 24.2. The minimum absolute atomic E-state index is 0.104. The van der Waals surface area contributed by atoms with Gasteiger partial charge in [0.2, 0.25) is 15.9 Å². The van der Waals surface area contributed by atoms with Crippen molar-refractivity contribution in [3.05, 3.63) is 77.5 Å². The average Bonchev–Trinajstić information content (AvgIpc) is 3.30. The number of benzene rings is 2. The van der Waals surface area contributed by atoms with E-state index in [1.54, 1.807) is 45.5 Å². The molecule has 0 atom stereocenters. The van der Waals surface area contributed by atoms with Crippen molar-refractivity contribution in [3.63, 3.8) is 0 Å². The summed E-state index contributed by atoms with van der Waals surface area (Å²) in [4.78, 5) is 12.9. The highest BCUT2D eigenvalue weighted by atomic mass is 32.2.